The molecule has 3 rings (SSSR count). The highest BCUT2D eigenvalue weighted by Gasteiger charge is 2.22. The number of carbonyl (C=O) groups excluding carboxylic acids is 1. The Morgan fingerprint density at radius 2 is 1.72 bits per heavy atom. The highest BCUT2D eigenvalue weighted by molar-refractivity contribution is 7.99. The summed E-state index contributed by atoms with van der Waals surface area (Å²) in [7, 11) is -4.00. The number of aryl methyl sites for hydroxylation is 2. The minimum atomic E-state index is -4.00. The van der Waals surface area contributed by atoms with Crippen molar-refractivity contribution < 1.29 is 13.2 Å². The van der Waals surface area contributed by atoms with Crippen LogP contribution in [-0.2, 0) is 14.6 Å². The van der Waals surface area contributed by atoms with Crippen LogP contribution in [0.3, 0.4) is 0 Å². The molecule has 7 nitrogen and oxygen atoms in total. The molecule has 32 heavy (non-hydrogen) atoms. The minimum absolute atomic E-state index is 0.0126. The Kier molecular flexibility index (Phi) is 7.20. The van der Waals surface area contributed by atoms with E-state index in [-0.39, 0.29) is 27.6 Å². The average molecular weight is 472 g/mol. The summed E-state index contributed by atoms with van der Waals surface area (Å²) in [4.78, 5) is 30.8. The van der Waals surface area contributed by atoms with Crippen LogP contribution >= 0.6 is 11.8 Å². The summed E-state index contributed by atoms with van der Waals surface area (Å²) < 4.78 is 25.7. The zero-order valence-electron chi connectivity index (χ0n) is 18.3. The number of amides is 1. The highest BCUT2D eigenvalue weighted by atomic mass is 32.2. The van der Waals surface area contributed by atoms with Gasteiger partial charge >= 0.3 is 0 Å². The Morgan fingerprint density at radius 1 is 1.09 bits per heavy atom. The molecular formula is C23H25N3O4S2. The summed E-state index contributed by atoms with van der Waals surface area (Å²) in [6.07, 6.45) is 1.04. The van der Waals surface area contributed by atoms with Crippen molar-refractivity contribution in [2.75, 3.05) is 11.1 Å². The van der Waals surface area contributed by atoms with Crippen LogP contribution in [0.15, 0.2) is 68.4 Å². The molecule has 0 aliphatic heterocycles. The van der Waals surface area contributed by atoms with Gasteiger partial charge in [-0.05, 0) is 60.7 Å². The van der Waals surface area contributed by atoms with Gasteiger partial charge < -0.3 is 10.3 Å². The van der Waals surface area contributed by atoms with Crippen molar-refractivity contribution in [2.24, 2.45) is 0 Å². The fraction of sp³-hybridized carbons (Fsp3) is 0.261. The lowest BCUT2D eigenvalue weighted by Crippen LogP contribution is -2.20. The molecule has 0 saturated carbocycles. The summed E-state index contributed by atoms with van der Waals surface area (Å²) in [6, 6.07) is 12.2. The van der Waals surface area contributed by atoms with Crippen LogP contribution in [0.2, 0.25) is 0 Å². The number of carbonyl (C=O) groups is 1. The van der Waals surface area contributed by atoms with Crippen LogP contribution in [0.5, 0.6) is 0 Å². The SMILES string of the molecule is Cc1cc(C)cc(NC(=O)CSc2ncc(S(=O)(=O)c3ccc(C(C)C)cc3)c(=O)[nH]2)c1. The van der Waals surface area contributed by atoms with Crippen molar-refractivity contribution in [3.63, 3.8) is 0 Å². The first kappa shape index (κ1) is 23.7. The Hall–Kier alpha value is -2.91. The van der Waals surface area contributed by atoms with E-state index in [9.17, 15) is 18.0 Å². The maximum Gasteiger partial charge on any atom is 0.270 e. The molecule has 9 heteroatoms. The predicted octanol–water partition coefficient (Wildman–Crippen LogP) is 4.07. The van der Waals surface area contributed by atoms with Crippen LogP contribution in [0.4, 0.5) is 5.69 Å². The summed E-state index contributed by atoms with van der Waals surface area (Å²) >= 11 is 1.02. The fourth-order valence-electron chi connectivity index (χ4n) is 3.17. The molecule has 0 atom stereocenters. The van der Waals surface area contributed by atoms with Crippen molar-refractivity contribution >= 4 is 33.2 Å². The van der Waals surface area contributed by atoms with E-state index in [0.29, 0.717) is 5.69 Å². The first-order valence-corrected chi connectivity index (χ1v) is 12.5. The number of H-pyrrole nitrogens is 1. The van der Waals surface area contributed by atoms with E-state index < -0.39 is 20.3 Å². The molecule has 1 amide bonds. The van der Waals surface area contributed by atoms with Crippen LogP contribution in [0.25, 0.3) is 0 Å². The number of aromatic amines is 1. The second-order valence-corrected chi connectivity index (χ2v) is 10.7. The van der Waals surface area contributed by atoms with Gasteiger partial charge in [-0.25, -0.2) is 13.4 Å². The van der Waals surface area contributed by atoms with Crippen molar-refractivity contribution in [1.29, 1.82) is 0 Å². The first-order valence-electron chi connectivity index (χ1n) is 10.0. The monoisotopic (exact) mass is 471 g/mol. The molecule has 0 aliphatic rings. The Labute approximate surface area is 191 Å². The lowest BCUT2D eigenvalue weighted by molar-refractivity contribution is -0.113. The predicted molar refractivity (Wildman–Crippen MR) is 126 cm³/mol. The van der Waals surface area contributed by atoms with Gasteiger partial charge in [-0.1, -0.05) is 43.8 Å². The van der Waals surface area contributed by atoms with Gasteiger partial charge in [0, 0.05) is 5.69 Å². The van der Waals surface area contributed by atoms with Gasteiger partial charge in [0.15, 0.2) is 10.1 Å². The largest absolute Gasteiger partial charge is 0.325 e. The van der Waals surface area contributed by atoms with Crippen LogP contribution in [0, 0.1) is 13.8 Å². The number of hydrogen-bond donors (Lipinski definition) is 2. The summed E-state index contributed by atoms with van der Waals surface area (Å²) in [5.74, 6) is 0.0171. The third-order valence-corrected chi connectivity index (χ3v) is 7.39. The molecule has 2 N–H and O–H groups in total. The molecule has 0 bridgehead atoms. The van der Waals surface area contributed by atoms with E-state index in [4.69, 9.17) is 0 Å². The minimum Gasteiger partial charge on any atom is -0.325 e. The number of aromatic nitrogens is 2. The molecule has 0 unspecified atom stereocenters. The molecule has 168 valence electrons. The highest BCUT2D eigenvalue weighted by Crippen LogP contribution is 2.22. The van der Waals surface area contributed by atoms with Crippen molar-refractivity contribution in [1.82, 2.24) is 9.97 Å². The summed E-state index contributed by atoms with van der Waals surface area (Å²) in [5, 5.41) is 2.97. The number of sulfone groups is 1. The molecule has 2 aromatic carbocycles. The van der Waals surface area contributed by atoms with Crippen molar-refractivity contribution in [3.05, 3.63) is 75.7 Å². The molecule has 1 heterocycles. The number of rotatable bonds is 7. The molecular weight excluding hydrogens is 446 g/mol. The number of benzene rings is 2. The molecule has 0 saturated heterocycles. The normalized spacial score (nSPS) is 11.5. The standard InChI is InChI=1S/C23H25N3O4S2/c1-14(2)17-5-7-19(8-6-17)32(29,30)20-12-24-23(26-22(20)28)31-13-21(27)25-18-10-15(3)9-16(4)11-18/h5-12,14H,13H2,1-4H3,(H,25,27)(H,24,26,28). The zero-order chi connectivity index (χ0) is 23.5. The van der Waals surface area contributed by atoms with Gasteiger partial charge in [0.2, 0.25) is 15.7 Å². The van der Waals surface area contributed by atoms with E-state index >= 15 is 0 Å². The van der Waals surface area contributed by atoms with Crippen LogP contribution in [-0.4, -0.2) is 30.0 Å². The zero-order valence-corrected chi connectivity index (χ0v) is 19.9. The first-order chi connectivity index (χ1) is 15.1. The third-order valence-electron chi connectivity index (χ3n) is 4.74. The second kappa shape index (κ2) is 9.70. The number of hydrogen-bond acceptors (Lipinski definition) is 6. The maximum absolute atomic E-state index is 12.8. The maximum atomic E-state index is 12.8. The third kappa shape index (κ3) is 5.66. The molecule has 0 fully saturated rings. The van der Waals surface area contributed by atoms with E-state index in [2.05, 4.69) is 15.3 Å². The molecule has 0 spiro atoms. The van der Waals surface area contributed by atoms with E-state index in [1.807, 2.05) is 45.9 Å². The van der Waals surface area contributed by atoms with E-state index in [0.717, 1.165) is 34.6 Å². The van der Waals surface area contributed by atoms with Crippen LogP contribution in [0.1, 0.15) is 36.5 Å². The smallest absolute Gasteiger partial charge is 0.270 e. The van der Waals surface area contributed by atoms with Gasteiger partial charge in [-0.15, -0.1) is 0 Å². The van der Waals surface area contributed by atoms with Gasteiger partial charge in [-0.2, -0.15) is 0 Å². The fourth-order valence-corrected chi connectivity index (χ4v) is 5.04. The Balaban J connectivity index is 1.70. The summed E-state index contributed by atoms with van der Waals surface area (Å²) in [6.45, 7) is 7.91. The van der Waals surface area contributed by atoms with Crippen molar-refractivity contribution in [2.45, 2.75) is 48.6 Å². The molecule has 1 aromatic heterocycles. The Bertz CT molecular complexity index is 1280. The van der Waals surface area contributed by atoms with E-state index in [1.54, 1.807) is 12.1 Å². The number of thioether (sulfide) groups is 1. The lowest BCUT2D eigenvalue weighted by atomic mass is 10.0. The van der Waals surface area contributed by atoms with Gasteiger partial charge in [0.1, 0.15) is 0 Å². The van der Waals surface area contributed by atoms with Crippen molar-refractivity contribution in [3.8, 4) is 0 Å². The molecule has 3 aromatic rings. The lowest BCUT2D eigenvalue weighted by Gasteiger charge is -2.09. The van der Waals surface area contributed by atoms with Crippen LogP contribution < -0.4 is 10.9 Å². The van der Waals surface area contributed by atoms with Gasteiger partial charge in [-0.3, -0.25) is 9.59 Å². The Morgan fingerprint density at radius 3 is 2.28 bits per heavy atom. The molecule has 0 aliphatic carbocycles. The quantitative estimate of drug-likeness (QED) is 0.397. The van der Waals surface area contributed by atoms with Gasteiger partial charge in [0.05, 0.1) is 16.8 Å². The van der Waals surface area contributed by atoms with E-state index in [1.165, 1.54) is 12.1 Å². The average Bonchev–Trinajstić information content (AvgIpc) is 2.71. The number of anilines is 1. The summed E-state index contributed by atoms with van der Waals surface area (Å²) in [5.41, 5.74) is 3.00. The number of nitrogens with zero attached hydrogens (tertiary/aromatic N) is 1. The van der Waals surface area contributed by atoms with Gasteiger partial charge in [0.25, 0.3) is 5.56 Å². The topological polar surface area (TPSA) is 109 Å². The number of nitrogens with one attached hydrogen (secondary N) is 2. The molecule has 0 radical (unpaired) electrons. The second-order valence-electron chi connectivity index (χ2n) is 7.82.